The summed E-state index contributed by atoms with van der Waals surface area (Å²) in [5.74, 6) is 1.60. The smallest absolute Gasteiger partial charge is 0.230 e. The molecule has 0 bridgehead atoms. The lowest BCUT2D eigenvalue weighted by Crippen LogP contribution is -2.42. The summed E-state index contributed by atoms with van der Waals surface area (Å²) in [7, 11) is 0. The molecule has 1 aliphatic carbocycles. The highest BCUT2D eigenvalue weighted by atomic mass is 16.6. The van der Waals surface area contributed by atoms with Gasteiger partial charge in [0.25, 0.3) is 0 Å². The number of imidazole rings is 1. The van der Waals surface area contributed by atoms with Crippen LogP contribution in [-0.2, 0) is 23.3 Å². The number of nitrogens with zero attached hydrogens (tertiary/aromatic N) is 2. The second kappa shape index (κ2) is 8.46. The van der Waals surface area contributed by atoms with E-state index in [1.165, 1.54) is 5.56 Å². The van der Waals surface area contributed by atoms with Gasteiger partial charge in [-0.1, -0.05) is 43.2 Å². The summed E-state index contributed by atoms with van der Waals surface area (Å²) < 4.78 is 13.5. The minimum absolute atomic E-state index is 0.0964. The molecule has 0 saturated heterocycles. The normalized spacial score (nSPS) is 16.8. The number of hydrogen-bond donors (Lipinski definition) is 1. The number of fused-ring (bicyclic) bond motifs is 1. The highest BCUT2D eigenvalue weighted by Crippen LogP contribution is 2.44. The topological polar surface area (TPSA) is 65.4 Å². The standard InChI is InChI=1S/C25H27N3O3/c29-24(27-16-19-5-1-2-6-20(19)17-28-12-11-26-18-28)25(9-3-4-10-25)21-7-8-22-23(15-21)31-14-13-30-22/h1-2,5-8,11-12,15,18H,3-4,9-10,13-14,16-17H2,(H,27,29). The van der Waals surface area contributed by atoms with Gasteiger partial charge >= 0.3 is 0 Å². The maximum absolute atomic E-state index is 13.5. The van der Waals surface area contributed by atoms with Crippen molar-refractivity contribution in [3.8, 4) is 11.5 Å². The molecule has 0 radical (unpaired) electrons. The van der Waals surface area contributed by atoms with Gasteiger partial charge in [-0.2, -0.15) is 0 Å². The van der Waals surface area contributed by atoms with E-state index in [4.69, 9.17) is 9.47 Å². The van der Waals surface area contributed by atoms with Crippen molar-refractivity contribution in [3.05, 3.63) is 77.9 Å². The number of carbonyl (C=O) groups excluding carboxylic acids is 1. The molecular formula is C25H27N3O3. The molecule has 2 aliphatic rings. The molecule has 1 saturated carbocycles. The van der Waals surface area contributed by atoms with Gasteiger partial charge in [0.2, 0.25) is 5.91 Å². The number of benzene rings is 2. The van der Waals surface area contributed by atoms with Crippen LogP contribution in [0.2, 0.25) is 0 Å². The maximum Gasteiger partial charge on any atom is 0.230 e. The molecule has 1 aliphatic heterocycles. The number of ether oxygens (including phenoxy) is 2. The second-order valence-electron chi connectivity index (χ2n) is 8.33. The van der Waals surface area contributed by atoms with Crippen molar-refractivity contribution in [2.75, 3.05) is 13.2 Å². The van der Waals surface area contributed by atoms with E-state index in [2.05, 4.69) is 22.4 Å². The van der Waals surface area contributed by atoms with Crippen LogP contribution < -0.4 is 14.8 Å². The van der Waals surface area contributed by atoms with Crippen molar-refractivity contribution in [2.45, 2.75) is 44.2 Å². The van der Waals surface area contributed by atoms with E-state index in [1.807, 2.05) is 47.4 Å². The molecule has 0 atom stereocenters. The molecule has 3 aromatic rings. The van der Waals surface area contributed by atoms with Crippen LogP contribution >= 0.6 is 0 Å². The van der Waals surface area contributed by atoms with Gasteiger partial charge < -0.3 is 19.4 Å². The summed E-state index contributed by atoms with van der Waals surface area (Å²) in [6.45, 7) is 2.36. The van der Waals surface area contributed by atoms with Gasteiger partial charge in [-0.15, -0.1) is 0 Å². The van der Waals surface area contributed by atoms with Crippen LogP contribution in [0, 0.1) is 0 Å². The number of nitrogens with one attached hydrogen (secondary N) is 1. The van der Waals surface area contributed by atoms with Crippen molar-refractivity contribution in [1.29, 1.82) is 0 Å². The van der Waals surface area contributed by atoms with Gasteiger partial charge in [0.1, 0.15) is 13.2 Å². The van der Waals surface area contributed by atoms with Gasteiger partial charge in [-0.25, -0.2) is 4.98 Å². The Balaban J connectivity index is 1.35. The van der Waals surface area contributed by atoms with E-state index in [9.17, 15) is 4.79 Å². The fourth-order valence-corrected chi connectivity index (χ4v) is 4.77. The molecule has 1 fully saturated rings. The lowest BCUT2D eigenvalue weighted by molar-refractivity contribution is -0.126. The molecule has 160 valence electrons. The van der Waals surface area contributed by atoms with Gasteiger partial charge in [0.15, 0.2) is 11.5 Å². The Hall–Kier alpha value is -3.28. The van der Waals surface area contributed by atoms with E-state index in [0.29, 0.717) is 19.8 Å². The molecule has 6 heteroatoms. The van der Waals surface area contributed by atoms with E-state index in [-0.39, 0.29) is 5.91 Å². The summed E-state index contributed by atoms with van der Waals surface area (Å²) in [6, 6.07) is 14.2. The zero-order chi connectivity index (χ0) is 21.1. The van der Waals surface area contributed by atoms with Gasteiger partial charge in [0, 0.05) is 25.5 Å². The average Bonchev–Trinajstić information content (AvgIpc) is 3.51. The third-order valence-corrected chi connectivity index (χ3v) is 6.46. The molecule has 6 nitrogen and oxygen atoms in total. The quantitative estimate of drug-likeness (QED) is 0.662. The molecule has 1 amide bonds. The number of carbonyl (C=O) groups is 1. The molecular weight excluding hydrogens is 390 g/mol. The maximum atomic E-state index is 13.5. The van der Waals surface area contributed by atoms with E-state index in [1.54, 1.807) is 6.20 Å². The number of hydrogen-bond acceptors (Lipinski definition) is 4. The van der Waals surface area contributed by atoms with E-state index < -0.39 is 5.41 Å². The third kappa shape index (κ3) is 3.90. The Kier molecular flexibility index (Phi) is 5.37. The Morgan fingerprint density at radius 3 is 2.58 bits per heavy atom. The SMILES string of the molecule is O=C(NCc1ccccc1Cn1ccnc1)C1(c2ccc3c(c2)OCCO3)CCCC1. The number of amides is 1. The van der Waals surface area contributed by atoms with Crippen molar-refractivity contribution < 1.29 is 14.3 Å². The number of aromatic nitrogens is 2. The van der Waals surface area contributed by atoms with Crippen LogP contribution in [0.3, 0.4) is 0 Å². The molecule has 1 aromatic heterocycles. The van der Waals surface area contributed by atoms with Crippen LogP contribution in [0.25, 0.3) is 0 Å². The minimum Gasteiger partial charge on any atom is -0.486 e. The van der Waals surface area contributed by atoms with Crippen LogP contribution in [-0.4, -0.2) is 28.7 Å². The van der Waals surface area contributed by atoms with E-state index in [0.717, 1.165) is 54.9 Å². The Bertz CT molecular complexity index is 1060. The lowest BCUT2D eigenvalue weighted by atomic mass is 9.77. The highest BCUT2D eigenvalue weighted by Gasteiger charge is 2.43. The first-order chi connectivity index (χ1) is 15.2. The predicted molar refractivity (Wildman–Crippen MR) is 117 cm³/mol. The molecule has 2 heterocycles. The first-order valence-electron chi connectivity index (χ1n) is 11.0. The van der Waals surface area contributed by atoms with Crippen LogP contribution in [0.15, 0.2) is 61.2 Å². The average molecular weight is 418 g/mol. The molecule has 0 unspecified atom stereocenters. The molecule has 2 aromatic carbocycles. The Morgan fingerprint density at radius 2 is 1.81 bits per heavy atom. The van der Waals surface area contributed by atoms with Gasteiger partial charge in [0.05, 0.1) is 11.7 Å². The zero-order valence-electron chi connectivity index (χ0n) is 17.5. The van der Waals surface area contributed by atoms with E-state index >= 15 is 0 Å². The Labute approximate surface area is 182 Å². The van der Waals surface area contributed by atoms with Gasteiger partial charge in [-0.05, 0) is 41.7 Å². The van der Waals surface area contributed by atoms with Crippen molar-refractivity contribution in [3.63, 3.8) is 0 Å². The predicted octanol–water partition coefficient (Wildman–Crippen LogP) is 3.83. The van der Waals surface area contributed by atoms with Crippen molar-refractivity contribution >= 4 is 5.91 Å². The van der Waals surface area contributed by atoms with Crippen molar-refractivity contribution in [1.82, 2.24) is 14.9 Å². The largest absolute Gasteiger partial charge is 0.486 e. The molecule has 1 N–H and O–H groups in total. The molecule has 5 rings (SSSR count). The van der Waals surface area contributed by atoms with Crippen LogP contribution in [0.5, 0.6) is 11.5 Å². The third-order valence-electron chi connectivity index (χ3n) is 6.46. The highest BCUT2D eigenvalue weighted by molar-refractivity contribution is 5.88. The van der Waals surface area contributed by atoms with Crippen molar-refractivity contribution in [2.24, 2.45) is 0 Å². The fourth-order valence-electron chi connectivity index (χ4n) is 4.77. The summed E-state index contributed by atoms with van der Waals surface area (Å²) in [5, 5.41) is 3.24. The molecule has 31 heavy (non-hydrogen) atoms. The number of rotatable bonds is 6. The van der Waals surface area contributed by atoms with Crippen LogP contribution in [0.1, 0.15) is 42.4 Å². The van der Waals surface area contributed by atoms with Gasteiger partial charge in [-0.3, -0.25) is 4.79 Å². The summed E-state index contributed by atoms with van der Waals surface area (Å²) in [6.07, 6.45) is 9.36. The zero-order valence-corrected chi connectivity index (χ0v) is 17.5. The first kappa shape index (κ1) is 19.7. The van der Waals surface area contributed by atoms with Crippen LogP contribution in [0.4, 0.5) is 0 Å². The second-order valence-corrected chi connectivity index (χ2v) is 8.33. The fraction of sp³-hybridized carbons (Fsp3) is 0.360. The molecule has 0 spiro atoms. The summed E-state index contributed by atoms with van der Waals surface area (Å²) >= 11 is 0. The lowest BCUT2D eigenvalue weighted by Gasteiger charge is -2.30. The monoisotopic (exact) mass is 417 g/mol. The minimum atomic E-state index is -0.505. The summed E-state index contributed by atoms with van der Waals surface area (Å²) in [4.78, 5) is 17.7. The first-order valence-corrected chi connectivity index (χ1v) is 11.0. The summed E-state index contributed by atoms with van der Waals surface area (Å²) in [5.41, 5.74) is 2.83. The Morgan fingerprint density at radius 1 is 1.03 bits per heavy atom.